The van der Waals surface area contributed by atoms with Gasteiger partial charge in [0.25, 0.3) is 0 Å². The number of methoxy groups -OCH3 is 1. The van der Waals surface area contributed by atoms with Crippen LogP contribution >= 0.6 is 0 Å². The largest absolute Gasteiger partial charge is 0.497 e. The molecule has 0 saturated carbocycles. The highest BCUT2D eigenvalue weighted by Gasteiger charge is 2.41. The molecule has 1 fully saturated rings. The maximum atomic E-state index is 6.00. The Labute approximate surface area is 151 Å². The van der Waals surface area contributed by atoms with Gasteiger partial charge in [0.1, 0.15) is 5.75 Å². The molecule has 1 aliphatic rings. The molecule has 1 heterocycles. The summed E-state index contributed by atoms with van der Waals surface area (Å²) in [5.74, 6) is 0.884. The quantitative estimate of drug-likeness (QED) is 0.801. The van der Waals surface area contributed by atoms with E-state index in [-0.39, 0.29) is 11.0 Å². The third-order valence-electron chi connectivity index (χ3n) is 5.23. The van der Waals surface area contributed by atoms with Gasteiger partial charge in [-0.25, -0.2) is 0 Å². The Morgan fingerprint density at radius 1 is 1.08 bits per heavy atom. The van der Waals surface area contributed by atoms with Crippen LogP contribution in [-0.2, 0) is 10.2 Å². The minimum absolute atomic E-state index is 0.0793. The molecule has 1 saturated heterocycles. The number of nitrogens with one attached hydrogen (secondary N) is 1. The van der Waals surface area contributed by atoms with E-state index in [1.165, 1.54) is 5.56 Å². The molecule has 0 bridgehead atoms. The van der Waals surface area contributed by atoms with Gasteiger partial charge in [0.2, 0.25) is 0 Å². The van der Waals surface area contributed by atoms with Crippen LogP contribution in [0.1, 0.15) is 38.7 Å². The lowest BCUT2D eigenvalue weighted by Crippen LogP contribution is -2.44. The van der Waals surface area contributed by atoms with Gasteiger partial charge < -0.3 is 14.8 Å². The van der Waals surface area contributed by atoms with Gasteiger partial charge in [-0.05, 0) is 50.8 Å². The van der Waals surface area contributed by atoms with Crippen molar-refractivity contribution >= 4 is 5.69 Å². The minimum atomic E-state index is -0.0793. The van der Waals surface area contributed by atoms with Crippen molar-refractivity contribution in [1.29, 1.82) is 0 Å². The van der Waals surface area contributed by atoms with Crippen LogP contribution in [0.25, 0.3) is 0 Å². The third-order valence-corrected chi connectivity index (χ3v) is 5.23. The number of benzene rings is 2. The zero-order chi connectivity index (χ0) is 17.8. The summed E-state index contributed by atoms with van der Waals surface area (Å²) in [7, 11) is 1.70. The first-order chi connectivity index (χ1) is 12.0. The van der Waals surface area contributed by atoms with Crippen molar-refractivity contribution in [1.82, 2.24) is 0 Å². The molecule has 1 atom stereocenters. The summed E-state index contributed by atoms with van der Waals surface area (Å²) in [4.78, 5) is 0. The van der Waals surface area contributed by atoms with Crippen LogP contribution in [0.5, 0.6) is 5.75 Å². The van der Waals surface area contributed by atoms with Gasteiger partial charge in [-0.3, -0.25) is 0 Å². The van der Waals surface area contributed by atoms with Gasteiger partial charge in [-0.2, -0.15) is 0 Å². The number of rotatable bonds is 6. The van der Waals surface area contributed by atoms with Crippen molar-refractivity contribution in [3.63, 3.8) is 0 Å². The molecule has 0 spiro atoms. The molecule has 25 heavy (non-hydrogen) atoms. The average molecular weight is 339 g/mol. The van der Waals surface area contributed by atoms with Crippen LogP contribution in [-0.4, -0.2) is 25.9 Å². The second-order valence-electron chi connectivity index (χ2n) is 7.59. The van der Waals surface area contributed by atoms with E-state index >= 15 is 0 Å². The Bertz CT molecular complexity index is 683. The summed E-state index contributed by atoms with van der Waals surface area (Å²) in [6, 6.07) is 19.1. The van der Waals surface area contributed by atoms with E-state index in [1.54, 1.807) is 7.11 Å². The number of anilines is 1. The molecule has 1 N–H and O–H groups in total. The Morgan fingerprint density at radius 2 is 1.88 bits per heavy atom. The highest BCUT2D eigenvalue weighted by molar-refractivity contribution is 5.48. The van der Waals surface area contributed by atoms with Crippen molar-refractivity contribution in [2.75, 3.05) is 25.6 Å². The lowest BCUT2D eigenvalue weighted by molar-refractivity contribution is -0.0834. The molecule has 3 nitrogen and oxygen atoms in total. The van der Waals surface area contributed by atoms with E-state index in [2.05, 4.69) is 55.6 Å². The molecule has 0 radical (unpaired) electrons. The van der Waals surface area contributed by atoms with E-state index in [1.807, 2.05) is 18.2 Å². The minimum Gasteiger partial charge on any atom is -0.497 e. The standard InChI is InChI=1S/C22H29NO2/c1-21(2)17-22(13-15-25-21,18-8-5-4-6-9-18)12-14-23-19-10-7-11-20(16-19)24-3/h4-11,16,23H,12-15,17H2,1-3H3/t22-/m0/s1. The predicted octanol–water partition coefficient (Wildman–Crippen LogP) is 5.02. The predicted molar refractivity (Wildman–Crippen MR) is 103 cm³/mol. The summed E-state index contributed by atoms with van der Waals surface area (Å²) in [5.41, 5.74) is 2.62. The first-order valence-corrected chi connectivity index (χ1v) is 9.10. The summed E-state index contributed by atoms with van der Waals surface area (Å²) in [6.45, 7) is 6.16. The fraction of sp³-hybridized carbons (Fsp3) is 0.455. The van der Waals surface area contributed by atoms with Crippen molar-refractivity contribution in [2.24, 2.45) is 0 Å². The second-order valence-corrected chi connectivity index (χ2v) is 7.59. The molecule has 2 aromatic rings. The monoisotopic (exact) mass is 339 g/mol. The van der Waals surface area contributed by atoms with E-state index in [0.29, 0.717) is 0 Å². The van der Waals surface area contributed by atoms with E-state index in [4.69, 9.17) is 9.47 Å². The van der Waals surface area contributed by atoms with Crippen molar-refractivity contribution < 1.29 is 9.47 Å². The summed E-state index contributed by atoms with van der Waals surface area (Å²) < 4.78 is 11.3. The third kappa shape index (κ3) is 4.35. The van der Waals surface area contributed by atoms with Gasteiger partial charge in [0, 0.05) is 30.3 Å². The molecule has 0 amide bonds. The van der Waals surface area contributed by atoms with Crippen LogP contribution in [0, 0.1) is 0 Å². The number of hydrogen-bond acceptors (Lipinski definition) is 3. The molecule has 1 aliphatic heterocycles. The zero-order valence-electron chi connectivity index (χ0n) is 15.5. The molecule has 2 aromatic carbocycles. The van der Waals surface area contributed by atoms with Crippen molar-refractivity contribution in [2.45, 2.75) is 44.1 Å². The number of hydrogen-bond donors (Lipinski definition) is 1. The Balaban J connectivity index is 1.74. The average Bonchev–Trinajstić information content (AvgIpc) is 2.62. The van der Waals surface area contributed by atoms with Gasteiger partial charge in [0.05, 0.1) is 12.7 Å². The fourth-order valence-corrected chi connectivity index (χ4v) is 4.05. The molecular formula is C22H29NO2. The second kappa shape index (κ2) is 7.49. The van der Waals surface area contributed by atoms with E-state index < -0.39 is 0 Å². The van der Waals surface area contributed by atoms with Crippen molar-refractivity contribution in [3.8, 4) is 5.75 Å². The number of ether oxygens (including phenoxy) is 2. The molecule has 0 aliphatic carbocycles. The smallest absolute Gasteiger partial charge is 0.120 e. The maximum Gasteiger partial charge on any atom is 0.120 e. The molecule has 0 aromatic heterocycles. The lowest BCUT2D eigenvalue weighted by Gasteiger charge is -2.45. The lowest BCUT2D eigenvalue weighted by atomic mass is 9.67. The Hall–Kier alpha value is -2.00. The van der Waals surface area contributed by atoms with E-state index in [9.17, 15) is 0 Å². The van der Waals surface area contributed by atoms with Crippen molar-refractivity contribution in [3.05, 3.63) is 60.2 Å². The molecule has 3 heteroatoms. The summed E-state index contributed by atoms with van der Waals surface area (Å²) in [6.07, 6.45) is 3.20. The maximum absolute atomic E-state index is 6.00. The molecule has 3 rings (SSSR count). The normalized spacial score (nSPS) is 22.4. The first kappa shape index (κ1) is 17.8. The molecule has 0 unspecified atom stereocenters. The zero-order valence-corrected chi connectivity index (χ0v) is 15.5. The topological polar surface area (TPSA) is 30.5 Å². The van der Waals surface area contributed by atoms with Crippen LogP contribution in [0.15, 0.2) is 54.6 Å². The Kier molecular flexibility index (Phi) is 5.33. The Morgan fingerprint density at radius 3 is 2.60 bits per heavy atom. The van der Waals surface area contributed by atoms with Crippen LogP contribution in [0.2, 0.25) is 0 Å². The van der Waals surface area contributed by atoms with Crippen LogP contribution in [0.4, 0.5) is 5.69 Å². The SMILES string of the molecule is COc1cccc(NCC[C@]2(c3ccccc3)CCOC(C)(C)C2)c1. The van der Waals surface area contributed by atoms with Gasteiger partial charge in [-0.1, -0.05) is 36.4 Å². The molecule has 134 valence electrons. The van der Waals surface area contributed by atoms with E-state index in [0.717, 1.165) is 43.9 Å². The van der Waals surface area contributed by atoms with Gasteiger partial charge in [0.15, 0.2) is 0 Å². The van der Waals surface area contributed by atoms with Gasteiger partial charge in [-0.15, -0.1) is 0 Å². The van der Waals surface area contributed by atoms with Crippen LogP contribution in [0.3, 0.4) is 0 Å². The van der Waals surface area contributed by atoms with Gasteiger partial charge >= 0.3 is 0 Å². The summed E-state index contributed by atoms with van der Waals surface area (Å²) in [5, 5.41) is 3.57. The fourth-order valence-electron chi connectivity index (χ4n) is 4.05. The highest BCUT2D eigenvalue weighted by atomic mass is 16.5. The summed E-state index contributed by atoms with van der Waals surface area (Å²) >= 11 is 0. The highest BCUT2D eigenvalue weighted by Crippen LogP contribution is 2.43. The first-order valence-electron chi connectivity index (χ1n) is 9.10. The molecular weight excluding hydrogens is 310 g/mol. The van der Waals surface area contributed by atoms with Crippen LogP contribution < -0.4 is 10.1 Å².